The maximum absolute atomic E-state index is 11.8. The predicted molar refractivity (Wildman–Crippen MR) is 113 cm³/mol. The molecule has 1 atom stereocenters. The van der Waals surface area contributed by atoms with E-state index in [9.17, 15) is 28.8 Å². The lowest BCUT2D eigenvalue weighted by atomic mass is 9.92. The molecule has 0 heterocycles. The molecular formula is C20H34N4O8. The molecule has 6 N–H and O–H groups in total. The van der Waals surface area contributed by atoms with Crippen molar-refractivity contribution in [3.8, 4) is 0 Å². The second-order valence-electron chi connectivity index (χ2n) is 7.60. The first-order valence-electron chi connectivity index (χ1n) is 10.5. The molecule has 0 saturated carbocycles. The standard InChI is InChI=1S/C20H34N4O8/c1-13(2)14(20(31)32)10-16(26)24-12-18(28)22-9-5-3-4-8-21-17(27)11-23-15(25)6-7-19(29)30/h13-14H,3-12H2,1-2H3,(H,21,27)(H,22,28)(H,23,25)(H,24,26)(H,29,30)(H,31,32). The van der Waals surface area contributed by atoms with Crippen LogP contribution in [0.1, 0.15) is 52.4 Å². The Labute approximate surface area is 186 Å². The Kier molecular flexibility index (Phi) is 14.9. The lowest BCUT2D eigenvalue weighted by molar-refractivity contribution is -0.145. The zero-order valence-corrected chi connectivity index (χ0v) is 18.6. The van der Waals surface area contributed by atoms with Crippen LogP contribution in [-0.4, -0.2) is 72.0 Å². The van der Waals surface area contributed by atoms with Crippen LogP contribution in [0.25, 0.3) is 0 Å². The highest BCUT2D eigenvalue weighted by Crippen LogP contribution is 2.15. The number of hydrogen-bond acceptors (Lipinski definition) is 6. The number of aliphatic carboxylic acids is 2. The average molecular weight is 459 g/mol. The highest BCUT2D eigenvalue weighted by Gasteiger charge is 2.24. The van der Waals surface area contributed by atoms with Gasteiger partial charge in [0.2, 0.25) is 23.6 Å². The minimum absolute atomic E-state index is 0.182. The molecule has 0 spiro atoms. The molecule has 32 heavy (non-hydrogen) atoms. The van der Waals surface area contributed by atoms with Gasteiger partial charge in [0.1, 0.15) is 0 Å². The van der Waals surface area contributed by atoms with Crippen LogP contribution in [0.15, 0.2) is 0 Å². The van der Waals surface area contributed by atoms with Gasteiger partial charge in [0.15, 0.2) is 0 Å². The van der Waals surface area contributed by atoms with Crippen LogP contribution in [0, 0.1) is 11.8 Å². The van der Waals surface area contributed by atoms with Crippen molar-refractivity contribution in [2.75, 3.05) is 26.2 Å². The molecule has 0 aromatic carbocycles. The fourth-order valence-corrected chi connectivity index (χ4v) is 2.55. The molecule has 0 aromatic heterocycles. The molecule has 0 radical (unpaired) electrons. The van der Waals surface area contributed by atoms with Gasteiger partial charge in [0.25, 0.3) is 0 Å². The van der Waals surface area contributed by atoms with Crippen LogP contribution in [0.2, 0.25) is 0 Å². The number of hydrogen-bond donors (Lipinski definition) is 6. The Balaban J connectivity index is 3.73. The van der Waals surface area contributed by atoms with Crippen LogP contribution in [-0.2, 0) is 28.8 Å². The average Bonchev–Trinajstić information content (AvgIpc) is 2.71. The zero-order valence-electron chi connectivity index (χ0n) is 18.6. The van der Waals surface area contributed by atoms with Gasteiger partial charge in [-0.25, -0.2) is 0 Å². The molecular weight excluding hydrogens is 424 g/mol. The molecule has 0 aliphatic heterocycles. The van der Waals surface area contributed by atoms with Gasteiger partial charge in [-0.2, -0.15) is 0 Å². The van der Waals surface area contributed by atoms with Crippen molar-refractivity contribution in [3.63, 3.8) is 0 Å². The number of amides is 4. The second kappa shape index (κ2) is 16.5. The van der Waals surface area contributed by atoms with E-state index in [1.54, 1.807) is 13.8 Å². The van der Waals surface area contributed by atoms with Gasteiger partial charge in [-0.15, -0.1) is 0 Å². The fraction of sp³-hybridized carbons (Fsp3) is 0.700. The summed E-state index contributed by atoms with van der Waals surface area (Å²) in [5, 5.41) is 27.5. The van der Waals surface area contributed by atoms with Crippen LogP contribution in [0.4, 0.5) is 0 Å². The highest BCUT2D eigenvalue weighted by molar-refractivity contribution is 5.87. The molecule has 0 rings (SSSR count). The van der Waals surface area contributed by atoms with Crippen LogP contribution in [0.5, 0.6) is 0 Å². The maximum Gasteiger partial charge on any atom is 0.307 e. The summed E-state index contributed by atoms with van der Waals surface area (Å²) in [4.78, 5) is 67.8. The molecule has 12 heteroatoms. The Morgan fingerprint density at radius 1 is 0.656 bits per heavy atom. The molecule has 12 nitrogen and oxygen atoms in total. The van der Waals surface area contributed by atoms with Gasteiger partial charge in [-0.05, 0) is 25.2 Å². The molecule has 1 unspecified atom stereocenters. The van der Waals surface area contributed by atoms with Gasteiger partial charge < -0.3 is 31.5 Å². The zero-order chi connectivity index (χ0) is 24.5. The van der Waals surface area contributed by atoms with E-state index in [4.69, 9.17) is 10.2 Å². The van der Waals surface area contributed by atoms with Gasteiger partial charge >= 0.3 is 11.9 Å². The molecule has 0 aromatic rings. The molecule has 0 fully saturated rings. The summed E-state index contributed by atoms with van der Waals surface area (Å²) in [7, 11) is 0. The van der Waals surface area contributed by atoms with E-state index in [-0.39, 0.29) is 50.1 Å². The monoisotopic (exact) mass is 458 g/mol. The van der Waals surface area contributed by atoms with E-state index in [2.05, 4.69) is 21.3 Å². The van der Waals surface area contributed by atoms with Gasteiger partial charge in [0.05, 0.1) is 25.4 Å². The number of unbranched alkanes of at least 4 members (excludes halogenated alkanes) is 2. The van der Waals surface area contributed by atoms with Crippen LogP contribution >= 0.6 is 0 Å². The number of rotatable bonds is 17. The Bertz CT molecular complexity index is 666. The lowest BCUT2D eigenvalue weighted by Gasteiger charge is -2.15. The van der Waals surface area contributed by atoms with Gasteiger partial charge in [-0.1, -0.05) is 13.8 Å². The summed E-state index contributed by atoms with van der Waals surface area (Å²) in [6, 6.07) is 0. The van der Waals surface area contributed by atoms with Crippen molar-refractivity contribution in [3.05, 3.63) is 0 Å². The van der Waals surface area contributed by atoms with Crippen molar-refractivity contribution < 1.29 is 39.0 Å². The first-order valence-corrected chi connectivity index (χ1v) is 10.5. The summed E-state index contributed by atoms with van der Waals surface area (Å²) in [6.07, 6.45) is 1.40. The third-order valence-electron chi connectivity index (χ3n) is 4.48. The minimum atomic E-state index is -1.08. The number of carbonyl (C=O) groups excluding carboxylic acids is 4. The summed E-state index contributed by atoms with van der Waals surface area (Å²) < 4.78 is 0. The smallest absolute Gasteiger partial charge is 0.307 e. The van der Waals surface area contributed by atoms with Crippen molar-refractivity contribution in [1.82, 2.24) is 21.3 Å². The quantitative estimate of drug-likeness (QED) is 0.153. The van der Waals surface area contributed by atoms with Crippen molar-refractivity contribution in [2.24, 2.45) is 11.8 Å². The largest absolute Gasteiger partial charge is 0.481 e. The van der Waals surface area contributed by atoms with E-state index in [1.807, 2.05) is 0 Å². The van der Waals surface area contributed by atoms with E-state index in [0.29, 0.717) is 25.9 Å². The Morgan fingerprint density at radius 3 is 1.59 bits per heavy atom. The van der Waals surface area contributed by atoms with Crippen molar-refractivity contribution >= 4 is 35.6 Å². The topological polar surface area (TPSA) is 191 Å². The van der Waals surface area contributed by atoms with Crippen LogP contribution in [0.3, 0.4) is 0 Å². The highest BCUT2D eigenvalue weighted by atomic mass is 16.4. The van der Waals surface area contributed by atoms with E-state index < -0.39 is 29.7 Å². The molecule has 0 saturated heterocycles. The Hall–Kier alpha value is -3.18. The third-order valence-corrected chi connectivity index (χ3v) is 4.48. The van der Waals surface area contributed by atoms with Gasteiger partial charge in [-0.3, -0.25) is 28.8 Å². The van der Waals surface area contributed by atoms with Crippen molar-refractivity contribution in [1.29, 1.82) is 0 Å². The molecule has 4 amide bonds. The van der Waals surface area contributed by atoms with Gasteiger partial charge in [0, 0.05) is 25.9 Å². The van der Waals surface area contributed by atoms with E-state index in [0.717, 1.165) is 6.42 Å². The van der Waals surface area contributed by atoms with Crippen LogP contribution < -0.4 is 21.3 Å². The lowest BCUT2D eigenvalue weighted by Crippen LogP contribution is -2.39. The van der Waals surface area contributed by atoms with E-state index >= 15 is 0 Å². The molecule has 182 valence electrons. The summed E-state index contributed by atoms with van der Waals surface area (Å²) in [5.41, 5.74) is 0. The SMILES string of the molecule is CC(C)C(CC(=O)NCC(=O)NCCCCCNC(=O)CNC(=O)CCC(=O)O)C(=O)O. The first kappa shape index (κ1) is 28.8. The first-order chi connectivity index (χ1) is 15.0. The fourth-order valence-electron chi connectivity index (χ4n) is 2.55. The van der Waals surface area contributed by atoms with E-state index in [1.165, 1.54) is 0 Å². The molecule has 0 aliphatic rings. The summed E-state index contributed by atoms with van der Waals surface area (Å²) in [6.45, 7) is 3.78. The number of nitrogens with one attached hydrogen (secondary N) is 4. The number of carbonyl (C=O) groups is 6. The maximum atomic E-state index is 11.8. The molecule has 0 aliphatic carbocycles. The second-order valence-corrected chi connectivity index (χ2v) is 7.60. The summed E-state index contributed by atoms with van der Waals surface area (Å²) in [5.74, 6) is -4.86. The molecule has 0 bridgehead atoms. The third kappa shape index (κ3) is 15.6. The summed E-state index contributed by atoms with van der Waals surface area (Å²) >= 11 is 0. The minimum Gasteiger partial charge on any atom is -0.481 e. The van der Waals surface area contributed by atoms with Crippen molar-refractivity contribution in [2.45, 2.75) is 52.4 Å². The number of carboxylic acid groups (broad SMARTS) is 2. The normalized spacial score (nSPS) is 11.3. The Morgan fingerprint density at radius 2 is 1.16 bits per heavy atom. The number of carboxylic acids is 2. The predicted octanol–water partition coefficient (Wildman–Crippen LogP) is -0.767.